The molecule has 0 saturated heterocycles. The molecule has 3 nitrogen and oxygen atoms in total. The van der Waals surface area contributed by atoms with Gasteiger partial charge >= 0.3 is 0 Å². The van der Waals surface area contributed by atoms with Crippen molar-refractivity contribution >= 4 is 56.4 Å². The molecule has 1 aromatic carbocycles. The molecule has 94 valence electrons. The Kier molecular flexibility index (Phi) is 5.57. The molecule has 0 bridgehead atoms. The molecule has 0 saturated carbocycles. The third-order valence-corrected chi connectivity index (χ3v) is 4.39. The number of benzene rings is 1. The Labute approximate surface area is 119 Å². The van der Waals surface area contributed by atoms with Gasteiger partial charge in [-0.05, 0) is 24.3 Å². The van der Waals surface area contributed by atoms with Crippen LogP contribution in [0.1, 0.15) is 0 Å². The number of rotatable bonds is 4. The van der Waals surface area contributed by atoms with Crippen molar-refractivity contribution in [2.45, 2.75) is 4.90 Å². The first-order chi connectivity index (χ1) is 7.83. The van der Waals surface area contributed by atoms with E-state index in [0.29, 0.717) is 5.02 Å². The van der Waals surface area contributed by atoms with Gasteiger partial charge in [0.15, 0.2) is 0 Å². The van der Waals surface area contributed by atoms with Crippen molar-refractivity contribution in [2.24, 2.45) is 0 Å². The molecule has 0 aliphatic carbocycles. The third-order valence-electron chi connectivity index (χ3n) is 1.75. The van der Waals surface area contributed by atoms with E-state index in [1.807, 2.05) is 0 Å². The van der Waals surface area contributed by atoms with Crippen molar-refractivity contribution in [1.82, 2.24) is 4.72 Å². The van der Waals surface area contributed by atoms with Crippen molar-refractivity contribution in [1.29, 1.82) is 0 Å². The molecule has 0 spiro atoms. The quantitative estimate of drug-likeness (QED) is 0.915. The van der Waals surface area contributed by atoms with Gasteiger partial charge in [-0.3, -0.25) is 0 Å². The average molecular weight is 335 g/mol. The van der Waals surface area contributed by atoms with Crippen molar-refractivity contribution in [2.75, 3.05) is 6.54 Å². The molecule has 0 heterocycles. The number of nitrogens with one attached hydrogen (secondary N) is 1. The van der Waals surface area contributed by atoms with Crippen molar-refractivity contribution in [3.8, 4) is 0 Å². The van der Waals surface area contributed by atoms with Gasteiger partial charge in [-0.1, -0.05) is 46.4 Å². The number of hydrogen-bond acceptors (Lipinski definition) is 2. The third kappa shape index (κ3) is 4.66. The molecule has 0 fully saturated rings. The number of halogens is 4. The lowest BCUT2D eigenvalue weighted by molar-refractivity contribution is 0.585. The fourth-order valence-electron chi connectivity index (χ4n) is 0.922. The molecule has 1 aromatic rings. The summed E-state index contributed by atoms with van der Waals surface area (Å²) in [5.41, 5.74) is 0. The van der Waals surface area contributed by atoms with Crippen LogP contribution in [0.15, 0.2) is 38.7 Å². The second-order valence-electron chi connectivity index (χ2n) is 2.94. The van der Waals surface area contributed by atoms with Crippen LogP contribution < -0.4 is 4.72 Å². The van der Waals surface area contributed by atoms with Crippen molar-refractivity contribution in [3.05, 3.63) is 38.8 Å². The minimum Gasteiger partial charge on any atom is -0.207 e. The maximum atomic E-state index is 11.7. The standard InChI is InChI=1S/C9H7Cl4NO2S/c10-6-1-3-7(4-2-6)17(15,16)14-5-8(11)9(12)13/h1-4,14H,5H2. The Morgan fingerprint density at radius 1 is 1.12 bits per heavy atom. The first-order valence-electron chi connectivity index (χ1n) is 4.28. The van der Waals surface area contributed by atoms with Crippen LogP contribution in [0.2, 0.25) is 5.02 Å². The van der Waals surface area contributed by atoms with Crippen LogP contribution >= 0.6 is 46.4 Å². The molecule has 0 aliphatic rings. The van der Waals surface area contributed by atoms with E-state index in [4.69, 9.17) is 46.4 Å². The first-order valence-corrected chi connectivity index (χ1v) is 7.27. The summed E-state index contributed by atoms with van der Waals surface area (Å²) in [5, 5.41) is 0.469. The SMILES string of the molecule is O=S(=O)(NCC(Cl)=C(Cl)Cl)c1ccc(Cl)cc1. The molecule has 0 aliphatic heterocycles. The summed E-state index contributed by atoms with van der Waals surface area (Å²) in [6.07, 6.45) is 0. The van der Waals surface area contributed by atoms with Gasteiger partial charge in [0, 0.05) is 11.6 Å². The Balaban J connectivity index is 2.83. The Morgan fingerprint density at radius 3 is 2.12 bits per heavy atom. The molecule has 17 heavy (non-hydrogen) atoms. The highest BCUT2D eigenvalue weighted by Gasteiger charge is 2.14. The van der Waals surface area contributed by atoms with Crippen LogP contribution in [-0.2, 0) is 10.0 Å². The smallest absolute Gasteiger partial charge is 0.207 e. The van der Waals surface area contributed by atoms with Crippen LogP contribution in [0, 0.1) is 0 Å². The average Bonchev–Trinajstić information content (AvgIpc) is 2.26. The summed E-state index contributed by atoms with van der Waals surface area (Å²) < 4.78 is 25.6. The first kappa shape index (κ1) is 15.1. The summed E-state index contributed by atoms with van der Waals surface area (Å²) in [4.78, 5) is 0.0806. The second-order valence-corrected chi connectivity index (χ2v) is 6.55. The van der Waals surface area contributed by atoms with Crippen LogP contribution in [0.5, 0.6) is 0 Å². The predicted octanol–water partition coefficient (Wildman–Crippen LogP) is 3.50. The van der Waals surface area contributed by atoms with E-state index in [1.54, 1.807) is 0 Å². The minimum atomic E-state index is -3.65. The van der Waals surface area contributed by atoms with E-state index in [2.05, 4.69) is 4.72 Å². The summed E-state index contributed by atoms with van der Waals surface area (Å²) >= 11 is 22.0. The summed E-state index contributed by atoms with van der Waals surface area (Å²) in [7, 11) is -3.65. The Hall–Kier alpha value is 0.0300. The lowest BCUT2D eigenvalue weighted by atomic mass is 10.4. The summed E-state index contributed by atoms with van der Waals surface area (Å²) in [6, 6.07) is 5.71. The largest absolute Gasteiger partial charge is 0.240 e. The zero-order chi connectivity index (χ0) is 13.1. The lowest BCUT2D eigenvalue weighted by Crippen LogP contribution is -2.25. The normalized spacial score (nSPS) is 11.3. The molecular weight excluding hydrogens is 328 g/mol. The highest BCUT2D eigenvalue weighted by atomic mass is 35.5. The van der Waals surface area contributed by atoms with E-state index < -0.39 is 10.0 Å². The van der Waals surface area contributed by atoms with Crippen LogP contribution in [0.3, 0.4) is 0 Å². The van der Waals surface area contributed by atoms with Crippen LogP contribution in [0.4, 0.5) is 0 Å². The molecule has 0 radical (unpaired) electrons. The van der Waals surface area contributed by atoms with E-state index in [0.717, 1.165) is 0 Å². The highest BCUT2D eigenvalue weighted by Crippen LogP contribution is 2.18. The zero-order valence-corrected chi connectivity index (χ0v) is 12.1. The Morgan fingerprint density at radius 2 is 1.65 bits per heavy atom. The molecule has 1 rings (SSSR count). The fourth-order valence-corrected chi connectivity index (χ4v) is 2.32. The molecule has 8 heteroatoms. The van der Waals surface area contributed by atoms with E-state index in [9.17, 15) is 8.42 Å². The maximum absolute atomic E-state index is 11.7. The van der Waals surface area contributed by atoms with E-state index >= 15 is 0 Å². The van der Waals surface area contributed by atoms with Gasteiger partial charge in [-0.15, -0.1) is 0 Å². The van der Waals surface area contributed by atoms with Crippen LogP contribution in [0.25, 0.3) is 0 Å². The topological polar surface area (TPSA) is 46.2 Å². The number of sulfonamides is 1. The molecule has 0 unspecified atom stereocenters. The lowest BCUT2D eigenvalue weighted by Gasteiger charge is -2.06. The van der Waals surface area contributed by atoms with E-state index in [1.165, 1.54) is 24.3 Å². The minimum absolute atomic E-state index is 0.0193. The molecule has 0 aromatic heterocycles. The molecule has 0 amide bonds. The molecule has 0 atom stereocenters. The highest BCUT2D eigenvalue weighted by molar-refractivity contribution is 7.89. The van der Waals surface area contributed by atoms with Gasteiger partial charge in [0.1, 0.15) is 4.49 Å². The van der Waals surface area contributed by atoms with Gasteiger partial charge in [-0.25, -0.2) is 13.1 Å². The van der Waals surface area contributed by atoms with Crippen molar-refractivity contribution in [3.63, 3.8) is 0 Å². The van der Waals surface area contributed by atoms with Gasteiger partial charge in [0.25, 0.3) is 0 Å². The maximum Gasteiger partial charge on any atom is 0.240 e. The van der Waals surface area contributed by atoms with Crippen LogP contribution in [-0.4, -0.2) is 15.0 Å². The predicted molar refractivity (Wildman–Crippen MR) is 71.2 cm³/mol. The fraction of sp³-hybridized carbons (Fsp3) is 0.111. The molecular formula is C9H7Cl4NO2S. The second kappa shape index (κ2) is 6.27. The van der Waals surface area contributed by atoms with Crippen molar-refractivity contribution < 1.29 is 8.42 Å². The number of hydrogen-bond donors (Lipinski definition) is 1. The zero-order valence-electron chi connectivity index (χ0n) is 8.25. The summed E-state index contributed by atoms with van der Waals surface area (Å²) in [5.74, 6) is 0. The van der Waals surface area contributed by atoms with Gasteiger partial charge in [-0.2, -0.15) is 0 Å². The molecule has 1 N–H and O–H groups in total. The van der Waals surface area contributed by atoms with E-state index in [-0.39, 0.29) is 21.0 Å². The van der Waals surface area contributed by atoms with Gasteiger partial charge in [0.05, 0.1) is 9.93 Å². The van der Waals surface area contributed by atoms with Gasteiger partial charge in [0.2, 0.25) is 10.0 Å². The summed E-state index contributed by atoms with van der Waals surface area (Å²) in [6.45, 7) is -0.172. The van der Waals surface area contributed by atoms with Gasteiger partial charge < -0.3 is 0 Å². The Bertz CT molecular complexity index is 520. The monoisotopic (exact) mass is 333 g/mol.